The molecule has 4 atom stereocenters. The number of rotatable bonds is 6. The lowest BCUT2D eigenvalue weighted by molar-refractivity contribution is -0.00955. The monoisotopic (exact) mass is 448 g/mol. The van der Waals surface area contributed by atoms with Gasteiger partial charge in [-0.25, -0.2) is 8.78 Å². The van der Waals surface area contributed by atoms with Gasteiger partial charge in [0.2, 0.25) is 0 Å². The third-order valence-electron chi connectivity index (χ3n) is 7.44. The Kier molecular flexibility index (Phi) is 7.99. The second-order valence-corrected chi connectivity index (χ2v) is 9.54. The maximum absolute atomic E-state index is 14.2. The lowest BCUT2D eigenvalue weighted by atomic mass is 9.65. The quantitative estimate of drug-likeness (QED) is 0.327. The smallest absolute Gasteiger partial charge is 0.130 e. The Morgan fingerprint density at radius 1 is 0.939 bits per heavy atom. The minimum atomic E-state index is -0.539. The molecule has 2 saturated carbocycles. The van der Waals surface area contributed by atoms with E-state index >= 15 is 0 Å². The van der Waals surface area contributed by atoms with E-state index in [4.69, 9.17) is 4.74 Å². The van der Waals surface area contributed by atoms with Crippen molar-refractivity contribution in [2.45, 2.75) is 70.3 Å². The zero-order valence-corrected chi connectivity index (χ0v) is 19.6. The van der Waals surface area contributed by atoms with E-state index in [1.54, 1.807) is 6.08 Å². The van der Waals surface area contributed by atoms with E-state index in [0.717, 1.165) is 24.0 Å². The van der Waals surface area contributed by atoms with E-state index < -0.39 is 11.6 Å². The minimum Gasteiger partial charge on any atom is -0.378 e. The molecule has 0 bridgehead atoms. The molecule has 174 valence electrons. The molecule has 2 aromatic carbocycles. The second-order valence-electron chi connectivity index (χ2n) is 9.54. The minimum absolute atomic E-state index is 0.103. The van der Waals surface area contributed by atoms with Gasteiger partial charge >= 0.3 is 0 Å². The summed E-state index contributed by atoms with van der Waals surface area (Å²) in [5, 5.41) is 0. The lowest BCUT2D eigenvalue weighted by Gasteiger charge is -2.42. The van der Waals surface area contributed by atoms with Crippen molar-refractivity contribution in [2.75, 3.05) is 6.61 Å². The van der Waals surface area contributed by atoms with Crippen LogP contribution in [0.2, 0.25) is 0 Å². The van der Waals surface area contributed by atoms with Gasteiger partial charge in [0.1, 0.15) is 11.6 Å². The van der Waals surface area contributed by atoms with E-state index in [0.29, 0.717) is 30.4 Å². The molecule has 4 unspecified atom stereocenters. The van der Waals surface area contributed by atoms with Crippen LogP contribution in [0.25, 0.3) is 0 Å². The molecule has 0 radical (unpaired) electrons. The van der Waals surface area contributed by atoms with E-state index in [2.05, 4.69) is 37.5 Å². The van der Waals surface area contributed by atoms with Crippen molar-refractivity contribution in [1.29, 1.82) is 0 Å². The molecule has 2 aromatic rings. The molecule has 3 heteroatoms. The van der Waals surface area contributed by atoms with Crippen LogP contribution >= 0.6 is 0 Å². The Morgan fingerprint density at radius 2 is 1.61 bits per heavy atom. The summed E-state index contributed by atoms with van der Waals surface area (Å²) in [7, 11) is 0. The first-order valence-electron chi connectivity index (χ1n) is 12.4. The Labute approximate surface area is 197 Å². The molecule has 4 rings (SSSR count). The van der Waals surface area contributed by atoms with Gasteiger partial charge in [-0.15, -0.1) is 6.58 Å². The number of hydrogen-bond donors (Lipinski definition) is 0. The molecule has 1 nitrogen and oxygen atoms in total. The van der Waals surface area contributed by atoms with Crippen LogP contribution in [0, 0.1) is 35.3 Å². The van der Waals surface area contributed by atoms with Gasteiger partial charge in [-0.3, -0.25) is 0 Å². The van der Waals surface area contributed by atoms with Gasteiger partial charge in [0, 0.05) is 23.3 Å². The highest BCUT2D eigenvalue weighted by molar-refractivity contribution is 5.45. The van der Waals surface area contributed by atoms with E-state index in [-0.39, 0.29) is 5.56 Å². The fraction of sp³-hybridized carbons (Fsp3) is 0.467. The van der Waals surface area contributed by atoms with Gasteiger partial charge in [0.15, 0.2) is 0 Å². The number of allylic oxidation sites excluding steroid dienone is 1. The van der Waals surface area contributed by atoms with Crippen LogP contribution in [-0.4, -0.2) is 12.7 Å². The number of halogens is 2. The van der Waals surface area contributed by atoms with Gasteiger partial charge in [-0.1, -0.05) is 30.0 Å². The molecule has 2 fully saturated rings. The van der Waals surface area contributed by atoms with Crippen LogP contribution in [-0.2, 0) is 11.2 Å². The van der Waals surface area contributed by atoms with Crippen molar-refractivity contribution in [1.82, 2.24) is 0 Å². The molecule has 0 heterocycles. The Balaban J connectivity index is 1.38. The first kappa shape index (κ1) is 23.7. The van der Waals surface area contributed by atoms with E-state index in [1.807, 2.05) is 12.1 Å². The third kappa shape index (κ3) is 5.92. The van der Waals surface area contributed by atoms with Gasteiger partial charge in [0.05, 0.1) is 6.10 Å². The highest BCUT2D eigenvalue weighted by Crippen LogP contribution is 2.46. The standard InChI is InChI=1S/C30H34F2O/c1-3-5-6-28-29(31)17-22(18-30(28)32)8-7-21-9-11-23(12-10-21)24-13-14-26-20-27(33-4-2)16-15-25(26)19-24/h3,9-12,17-18,24-27H,1,4-6,13-16,19-20H2,2H3. The number of fused-ring (bicyclic) bond motifs is 1. The summed E-state index contributed by atoms with van der Waals surface area (Å²) in [6.07, 6.45) is 10.5. The molecule has 0 saturated heterocycles. The summed E-state index contributed by atoms with van der Waals surface area (Å²) < 4.78 is 34.4. The molecular formula is C30H34F2O. The number of benzene rings is 2. The molecule has 0 N–H and O–H groups in total. The van der Waals surface area contributed by atoms with Gasteiger partial charge < -0.3 is 4.74 Å². The summed E-state index contributed by atoms with van der Waals surface area (Å²) in [5.74, 6) is 7.15. The largest absolute Gasteiger partial charge is 0.378 e. The van der Waals surface area contributed by atoms with E-state index in [9.17, 15) is 8.78 Å². The van der Waals surface area contributed by atoms with Crippen molar-refractivity contribution < 1.29 is 13.5 Å². The average Bonchev–Trinajstić information content (AvgIpc) is 2.82. The molecular weight excluding hydrogens is 414 g/mol. The van der Waals surface area contributed by atoms with Crippen LogP contribution in [0.3, 0.4) is 0 Å². The predicted molar refractivity (Wildman–Crippen MR) is 130 cm³/mol. The summed E-state index contributed by atoms with van der Waals surface area (Å²) >= 11 is 0. The highest BCUT2D eigenvalue weighted by atomic mass is 19.1. The molecule has 0 amide bonds. The van der Waals surface area contributed by atoms with Crippen molar-refractivity contribution >= 4 is 0 Å². The fourth-order valence-corrected chi connectivity index (χ4v) is 5.68. The highest BCUT2D eigenvalue weighted by Gasteiger charge is 2.36. The fourth-order valence-electron chi connectivity index (χ4n) is 5.68. The third-order valence-corrected chi connectivity index (χ3v) is 7.44. The normalized spacial score (nSPS) is 24.5. The van der Waals surface area contributed by atoms with Gasteiger partial charge in [-0.2, -0.15) is 0 Å². The van der Waals surface area contributed by atoms with E-state index in [1.165, 1.54) is 56.2 Å². The molecule has 0 spiro atoms. The zero-order valence-electron chi connectivity index (χ0n) is 19.6. The van der Waals surface area contributed by atoms with Crippen molar-refractivity contribution in [3.63, 3.8) is 0 Å². The lowest BCUT2D eigenvalue weighted by Crippen LogP contribution is -2.33. The maximum atomic E-state index is 14.2. The first-order chi connectivity index (χ1) is 16.1. The summed E-state index contributed by atoms with van der Waals surface area (Å²) in [5.41, 5.74) is 2.71. The van der Waals surface area contributed by atoms with Crippen LogP contribution in [0.15, 0.2) is 49.1 Å². The van der Waals surface area contributed by atoms with Crippen LogP contribution in [0.1, 0.15) is 80.0 Å². The molecule has 33 heavy (non-hydrogen) atoms. The number of hydrogen-bond acceptors (Lipinski definition) is 1. The Hall–Kier alpha value is -2.44. The summed E-state index contributed by atoms with van der Waals surface area (Å²) in [6.45, 7) is 6.52. The molecule has 0 aromatic heterocycles. The van der Waals surface area contributed by atoms with Crippen molar-refractivity contribution in [3.8, 4) is 11.8 Å². The number of ether oxygens (including phenoxy) is 1. The maximum Gasteiger partial charge on any atom is 0.130 e. The zero-order chi connectivity index (χ0) is 23.2. The summed E-state index contributed by atoms with van der Waals surface area (Å²) in [6, 6.07) is 11.1. The Bertz CT molecular complexity index is 991. The predicted octanol–water partition coefficient (Wildman–Crippen LogP) is 7.57. The van der Waals surface area contributed by atoms with Crippen molar-refractivity contribution in [2.24, 2.45) is 11.8 Å². The van der Waals surface area contributed by atoms with Gasteiger partial charge in [0.25, 0.3) is 0 Å². The first-order valence-corrected chi connectivity index (χ1v) is 12.4. The van der Waals surface area contributed by atoms with Crippen molar-refractivity contribution in [3.05, 3.63) is 82.9 Å². The summed E-state index contributed by atoms with van der Waals surface area (Å²) in [4.78, 5) is 0. The molecule has 2 aliphatic carbocycles. The SMILES string of the molecule is C=CCCc1c(F)cc(C#Cc2ccc(C3CCC4CC(OCC)CCC4C3)cc2)cc1F. The van der Waals surface area contributed by atoms with Crippen LogP contribution in [0.4, 0.5) is 8.78 Å². The van der Waals surface area contributed by atoms with Crippen LogP contribution in [0.5, 0.6) is 0 Å². The second kappa shape index (κ2) is 11.1. The molecule has 2 aliphatic rings. The Morgan fingerprint density at radius 3 is 2.30 bits per heavy atom. The van der Waals surface area contributed by atoms with Gasteiger partial charge in [-0.05, 0) is 106 Å². The average molecular weight is 449 g/mol. The topological polar surface area (TPSA) is 9.23 Å². The molecule has 0 aliphatic heterocycles. The van der Waals surface area contributed by atoms with Crippen LogP contribution < -0.4 is 0 Å².